The van der Waals surface area contributed by atoms with Gasteiger partial charge in [-0.05, 0) is 86.7 Å². The monoisotopic (exact) mass is 670 g/mol. The molecule has 2 amide bonds. The molecule has 10 nitrogen and oxygen atoms in total. The first-order valence-electron chi connectivity index (χ1n) is 15.5. The summed E-state index contributed by atoms with van der Waals surface area (Å²) in [5.41, 5.74) is 5.79. The number of nitrogens with one attached hydrogen (secondary N) is 3. The van der Waals surface area contributed by atoms with Crippen LogP contribution < -0.4 is 15.4 Å². The van der Waals surface area contributed by atoms with E-state index < -0.39 is 18.4 Å². The molecule has 48 heavy (non-hydrogen) atoms. The summed E-state index contributed by atoms with van der Waals surface area (Å²) >= 11 is 1.57. The van der Waals surface area contributed by atoms with E-state index in [1.54, 1.807) is 29.5 Å². The quantitative estimate of drug-likeness (QED) is 0.0519. The van der Waals surface area contributed by atoms with Crippen molar-refractivity contribution in [3.63, 3.8) is 0 Å². The van der Waals surface area contributed by atoms with Crippen molar-refractivity contribution < 1.29 is 29.3 Å². The Morgan fingerprint density at radius 3 is 2.31 bits per heavy atom. The molecular formula is C37H42N4O6S. The van der Waals surface area contributed by atoms with E-state index in [0.29, 0.717) is 12.3 Å². The largest absolute Gasteiger partial charge is 0.484 e. The van der Waals surface area contributed by atoms with Crippen LogP contribution in [0.5, 0.6) is 5.75 Å². The molecule has 0 fully saturated rings. The van der Waals surface area contributed by atoms with E-state index in [2.05, 4.69) is 27.8 Å². The summed E-state index contributed by atoms with van der Waals surface area (Å²) in [4.78, 5) is 43.9. The van der Waals surface area contributed by atoms with Crippen LogP contribution >= 0.6 is 11.3 Å². The van der Waals surface area contributed by atoms with E-state index in [9.17, 15) is 14.4 Å². The number of allylic oxidation sites excluding steroid dienone is 4. The fourth-order valence-corrected chi connectivity index (χ4v) is 5.63. The maximum Gasteiger partial charge on any atom is 0.322 e. The van der Waals surface area contributed by atoms with Crippen LogP contribution in [0.4, 0.5) is 0 Å². The Hall–Kier alpha value is -5.26. The molecule has 2 aromatic heterocycles. The van der Waals surface area contributed by atoms with E-state index in [0.717, 1.165) is 64.3 Å². The van der Waals surface area contributed by atoms with Gasteiger partial charge in [0.2, 0.25) is 5.91 Å². The first-order valence-corrected chi connectivity index (χ1v) is 16.3. The average Bonchev–Trinajstić information content (AvgIpc) is 3.81. The van der Waals surface area contributed by atoms with Gasteiger partial charge in [0.1, 0.15) is 17.3 Å². The zero-order valence-electron chi connectivity index (χ0n) is 27.4. The van der Waals surface area contributed by atoms with E-state index in [4.69, 9.17) is 19.9 Å². The first-order chi connectivity index (χ1) is 23.4. The number of carbonyl (C=O) groups excluding carboxylic acids is 2. The van der Waals surface area contributed by atoms with Crippen molar-refractivity contribution in [1.82, 2.24) is 20.6 Å². The third kappa shape index (κ3) is 11.8. The first kappa shape index (κ1) is 37.2. The number of aromatic amines is 1. The minimum Gasteiger partial charge on any atom is -0.484 e. The number of unbranched alkanes of at least 4 members (excludes halogenated alkanes) is 1. The number of carbonyl (C=O) groups is 3. The molecule has 5 N–H and O–H groups in total. The lowest BCUT2D eigenvalue weighted by atomic mass is 10.0. The highest BCUT2D eigenvalue weighted by Gasteiger charge is 2.17. The van der Waals surface area contributed by atoms with Gasteiger partial charge in [0.15, 0.2) is 6.61 Å². The Bertz CT molecular complexity index is 1690. The van der Waals surface area contributed by atoms with Crippen molar-refractivity contribution >= 4 is 35.2 Å². The second kappa shape index (κ2) is 20.1. The normalized spacial score (nSPS) is 11.3. The maximum absolute atomic E-state index is 12.3. The number of ether oxygens (including phenoxy) is 1. The topological polar surface area (TPSA) is 154 Å². The van der Waals surface area contributed by atoms with Gasteiger partial charge >= 0.3 is 5.97 Å². The van der Waals surface area contributed by atoms with Gasteiger partial charge in [0, 0.05) is 31.5 Å². The summed E-state index contributed by atoms with van der Waals surface area (Å²) < 4.78 is 5.51. The molecule has 0 aliphatic rings. The molecule has 0 aliphatic carbocycles. The molecular weight excluding hydrogens is 628 g/mol. The van der Waals surface area contributed by atoms with Crippen LogP contribution in [-0.4, -0.2) is 64.8 Å². The maximum atomic E-state index is 12.3. The summed E-state index contributed by atoms with van der Waals surface area (Å²) in [5.74, 6) is -1.28. The van der Waals surface area contributed by atoms with Gasteiger partial charge in [-0.25, -0.2) is 4.98 Å². The molecule has 4 rings (SSSR count). The number of aliphatic carboxylic acids is 1. The molecule has 0 bridgehead atoms. The fraction of sp³-hybridized carbons (Fsp3) is 0.243. The van der Waals surface area contributed by atoms with Gasteiger partial charge in [0.05, 0.1) is 16.3 Å². The lowest BCUT2D eigenvalue weighted by Crippen LogP contribution is -2.33. The Kier molecular flexibility index (Phi) is 15.6. The molecule has 0 radical (unpaired) electrons. The number of aromatic nitrogens is 2. The number of amides is 2. The highest BCUT2D eigenvalue weighted by atomic mass is 32.1. The Morgan fingerprint density at radius 1 is 0.938 bits per heavy atom. The summed E-state index contributed by atoms with van der Waals surface area (Å²) in [5, 5.41) is 21.8. The third-order valence-electron chi connectivity index (χ3n) is 6.93. The highest BCUT2D eigenvalue weighted by molar-refractivity contribution is 7.18. The smallest absolute Gasteiger partial charge is 0.322 e. The van der Waals surface area contributed by atoms with Gasteiger partial charge in [-0.2, -0.15) is 0 Å². The molecule has 0 saturated heterocycles. The van der Waals surface area contributed by atoms with Crippen LogP contribution in [0.3, 0.4) is 0 Å². The minimum absolute atomic E-state index is 0.113. The molecule has 0 unspecified atom stereocenters. The summed E-state index contributed by atoms with van der Waals surface area (Å²) in [6.45, 7) is 3.95. The predicted molar refractivity (Wildman–Crippen MR) is 192 cm³/mol. The minimum atomic E-state index is -1.12. The van der Waals surface area contributed by atoms with Gasteiger partial charge in [-0.15, -0.1) is 11.3 Å². The van der Waals surface area contributed by atoms with Crippen molar-refractivity contribution in [3.8, 4) is 38.1 Å². The molecule has 0 spiro atoms. The lowest BCUT2D eigenvalue weighted by molar-refractivity contribution is -0.138. The van der Waals surface area contributed by atoms with Crippen molar-refractivity contribution in [3.05, 3.63) is 102 Å². The van der Waals surface area contributed by atoms with Crippen LogP contribution in [-0.2, 0) is 14.4 Å². The van der Waals surface area contributed by atoms with E-state index in [-0.39, 0.29) is 12.5 Å². The SMILES string of the molecule is C/C=C\C(=C/C)CCCCNC(=O)/C=C/c1ccc(-c2sc(-c3ccc[nH]3)nc2-c2ccc(OCC(=O)NCC(=O)O)cc2)cc1.CO. The Balaban J connectivity index is 0.00000307. The number of thiazole rings is 1. The Morgan fingerprint density at radius 2 is 1.67 bits per heavy atom. The molecule has 0 atom stereocenters. The number of rotatable bonds is 16. The molecule has 2 aromatic carbocycles. The standard InChI is InChI=1S/C36H38N4O5S.CH4O/c1-3-8-25(4-2)9-5-6-21-38-31(41)20-13-26-11-14-28(15-12-26)35-34(40-36(46-35)30-10-7-22-37-30)27-16-18-29(19-17-27)45-24-32(42)39-23-33(43)44;1-2/h3-4,7-8,10-20,22,37H,5-6,9,21,23-24H2,1-2H3,(H,38,41)(H,39,42)(H,43,44);2H,1H3/b8-3-,20-13+,25-4+;. The van der Waals surface area contributed by atoms with Crippen LogP contribution in [0.1, 0.15) is 38.7 Å². The van der Waals surface area contributed by atoms with E-state index >= 15 is 0 Å². The second-order valence-corrected chi connectivity index (χ2v) is 11.3. The van der Waals surface area contributed by atoms with E-state index in [1.165, 1.54) is 5.57 Å². The highest BCUT2D eigenvalue weighted by Crippen LogP contribution is 2.40. The number of benzene rings is 2. The number of aliphatic hydroxyl groups excluding tert-OH is 1. The number of carboxylic acid groups (broad SMARTS) is 1. The lowest BCUT2D eigenvalue weighted by Gasteiger charge is -2.08. The van der Waals surface area contributed by atoms with Crippen LogP contribution in [0, 0.1) is 0 Å². The molecule has 252 valence electrons. The van der Waals surface area contributed by atoms with Crippen molar-refractivity contribution in [1.29, 1.82) is 0 Å². The zero-order chi connectivity index (χ0) is 34.7. The summed E-state index contributed by atoms with van der Waals surface area (Å²) in [7, 11) is 1.00. The Labute approximate surface area is 284 Å². The molecule has 4 aromatic rings. The number of nitrogens with zero attached hydrogens (tertiary/aromatic N) is 1. The molecule has 2 heterocycles. The number of hydrogen-bond donors (Lipinski definition) is 5. The second-order valence-electron chi connectivity index (χ2n) is 10.3. The third-order valence-corrected chi connectivity index (χ3v) is 8.07. The van der Waals surface area contributed by atoms with Gasteiger partial charge in [0.25, 0.3) is 5.91 Å². The van der Waals surface area contributed by atoms with Crippen molar-refractivity contribution in [2.24, 2.45) is 0 Å². The molecule has 0 aliphatic heterocycles. The van der Waals surface area contributed by atoms with E-state index in [1.807, 2.05) is 80.7 Å². The summed E-state index contributed by atoms with van der Waals surface area (Å²) in [6.07, 6.45) is 14.5. The van der Waals surface area contributed by atoms with Gasteiger partial charge < -0.3 is 30.6 Å². The van der Waals surface area contributed by atoms with Gasteiger partial charge in [-0.1, -0.05) is 48.1 Å². The van der Waals surface area contributed by atoms with Crippen LogP contribution in [0.2, 0.25) is 0 Å². The zero-order valence-corrected chi connectivity index (χ0v) is 28.2. The van der Waals surface area contributed by atoms with Crippen LogP contribution in [0.15, 0.2) is 96.7 Å². The van der Waals surface area contributed by atoms with Crippen LogP contribution in [0.25, 0.3) is 38.5 Å². The molecule has 11 heteroatoms. The number of aliphatic hydroxyl groups is 1. The number of H-pyrrole nitrogens is 1. The summed E-state index contributed by atoms with van der Waals surface area (Å²) in [6, 6.07) is 19.1. The number of carboxylic acids is 1. The predicted octanol–water partition coefficient (Wildman–Crippen LogP) is 6.48. The molecule has 0 saturated carbocycles. The van der Waals surface area contributed by atoms with Crippen molar-refractivity contribution in [2.75, 3.05) is 26.8 Å². The number of hydrogen-bond acceptors (Lipinski definition) is 7. The fourth-order valence-electron chi connectivity index (χ4n) is 4.55. The van der Waals surface area contributed by atoms with Crippen molar-refractivity contribution in [2.45, 2.75) is 33.1 Å². The average molecular weight is 671 g/mol. The van der Waals surface area contributed by atoms with Gasteiger partial charge in [-0.3, -0.25) is 14.4 Å².